The van der Waals surface area contributed by atoms with Crippen LogP contribution < -0.4 is 21.7 Å². The molecule has 22 heavy (non-hydrogen) atoms. The number of hydrazine groups is 1. The molecule has 8 nitrogen and oxygen atoms in total. The van der Waals surface area contributed by atoms with E-state index in [0.29, 0.717) is 24.9 Å². The summed E-state index contributed by atoms with van der Waals surface area (Å²) in [5.41, 5.74) is 2.41. The fourth-order valence-corrected chi connectivity index (χ4v) is 2.27. The second-order valence-electron chi connectivity index (χ2n) is 4.70. The molecule has 0 fully saturated rings. The summed E-state index contributed by atoms with van der Waals surface area (Å²) in [5.74, 6) is 4.45. The van der Waals surface area contributed by atoms with Crippen molar-refractivity contribution in [2.24, 2.45) is 11.0 Å². The minimum atomic E-state index is -3.76. The third-order valence-corrected chi connectivity index (χ3v) is 3.90. The average Bonchev–Trinajstić information content (AvgIpc) is 2.49. The average molecular weight is 328 g/mol. The van der Waals surface area contributed by atoms with Crippen molar-refractivity contribution in [1.82, 2.24) is 10.7 Å². The van der Waals surface area contributed by atoms with Crippen molar-refractivity contribution in [3.8, 4) is 0 Å². The summed E-state index contributed by atoms with van der Waals surface area (Å²) in [6.45, 7) is 0.472. The first-order valence-corrected chi connectivity index (χ1v) is 8.29. The smallest absolute Gasteiger partial charge is 0.251 e. The van der Waals surface area contributed by atoms with Crippen LogP contribution in [0, 0.1) is 0 Å². The Hall–Kier alpha value is -1.97. The van der Waals surface area contributed by atoms with Gasteiger partial charge in [0.2, 0.25) is 15.9 Å². The molecule has 0 unspecified atom stereocenters. The van der Waals surface area contributed by atoms with E-state index in [-0.39, 0.29) is 16.7 Å². The Kier molecular flexibility index (Phi) is 6.96. The summed E-state index contributed by atoms with van der Waals surface area (Å²) in [5, 5.41) is 7.69. The van der Waals surface area contributed by atoms with Gasteiger partial charge in [-0.1, -0.05) is 6.42 Å². The monoisotopic (exact) mass is 328 g/mol. The summed E-state index contributed by atoms with van der Waals surface area (Å²) in [7, 11) is -3.76. The van der Waals surface area contributed by atoms with Crippen molar-refractivity contribution in [2.45, 2.75) is 30.6 Å². The molecular weight excluding hydrogens is 308 g/mol. The number of amides is 2. The predicted octanol–water partition coefficient (Wildman–Crippen LogP) is -0.386. The van der Waals surface area contributed by atoms with Crippen LogP contribution in [0.25, 0.3) is 0 Å². The third-order valence-electron chi connectivity index (χ3n) is 2.97. The molecule has 0 aliphatic rings. The summed E-state index contributed by atoms with van der Waals surface area (Å²) in [4.78, 5) is 22.7. The van der Waals surface area contributed by atoms with Crippen molar-refractivity contribution in [3.63, 3.8) is 0 Å². The molecule has 0 saturated carbocycles. The molecule has 1 aromatic carbocycles. The Labute approximate surface area is 129 Å². The molecule has 0 aliphatic carbocycles. The van der Waals surface area contributed by atoms with Crippen molar-refractivity contribution in [1.29, 1.82) is 0 Å². The summed E-state index contributed by atoms with van der Waals surface area (Å²) >= 11 is 0. The largest absolute Gasteiger partial charge is 0.352 e. The molecular formula is C13H20N4O4S. The van der Waals surface area contributed by atoms with Crippen LogP contribution in [-0.2, 0) is 14.8 Å². The number of hydrogen-bond donors (Lipinski definition) is 4. The molecule has 0 heterocycles. The van der Waals surface area contributed by atoms with Crippen LogP contribution in [-0.4, -0.2) is 26.8 Å². The highest BCUT2D eigenvalue weighted by Crippen LogP contribution is 2.08. The van der Waals surface area contributed by atoms with Crippen LogP contribution in [0.1, 0.15) is 36.0 Å². The van der Waals surface area contributed by atoms with Crippen LogP contribution in [0.15, 0.2) is 29.2 Å². The van der Waals surface area contributed by atoms with E-state index in [1.54, 1.807) is 0 Å². The lowest BCUT2D eigenvalue weighted by atomic mass is 10.2. The number of sulfonamides is 1. The fraction of sp³-hybridized carbons (Fsp3) is 0.385. The van der Waals surface area contributed by atoms with Gasteiger partial charge in [-0.25, -0.2) is 19.4 Å². The molecule has 0 radical (unpaired) electrons. The van der Waals surface area contributed by atoms with Crippen molar-refractivity contribution in [2.75, 3.05) is 6.54 Å². The molecule has 0 aliphatic heterocycles. The van der Waals surface area contributed by atoms with E-state index in [2.05, 4.69) is 10.7 Å². The Balaban J connectivity index is 2.32. The number of benzene rings is 1. The first-order chi connectivity index (χ1) is 10.3. The zero-order valence-corrected chi connectivity index (χ0v) is 12.9. The van der Waals surface area contributed by atoms with E-state index in [0.717, 1.165) is 12.8 Å². The second-order valence-corrected chi connectivity index (χ2v) is 6.26. The van der Waals surface area contributed by atoms with Gasteiger partial charge in [0, 0.05) is 18.5 Å². The van der Waals surface area contributed by atoms with E-state index in [1.165, 1.54) is 24.3 Å². The summed E-state index contributed by atoms with van der Waals surface area (Å²) < 4.78 is 22.2. The molecule has 0 aromatic heterocycles. The molecule has 1 rings (SSSR count). The number of rotatable bonds is 8. The van der Waals surface area contributed by atoms with Crippen LogP contribution in [0.2, 0.25) is 0 Å². The highest BCUT2D eigenvalue weighted by Gasteiger charge is 2.09. The minimum Gasteiger partial charge on any atom is -0.352 e. The SMILES string of the molecule is NNC(=O)CCCCCNC(=O)c1ccc(S(N)(=O)=O)cc1. The van der Waals surface area contributed by atoms with Gasteiger partial charge in [0.25, 0.3) is 5.91 Å². The van der Waals surface area contributed by atoms with Crippen LogP contribution in [0.5, 0.6) is 0 Å². The third kappa shape index (κ3) is 6.20. The molecule has 1 aromatic rings. The van der Waals surface area contributed by atoms with Gasteiger partial charge in [-0.3, -0.25) is 15.0 Å². The van der Waals surface area contributed by atoms with Gasteiger partial charge in [-0.2, -0.15) is 0 Å². The van der Waals surface area contributed by atoms with E-state index >= 15 is 0 Å². The maximum atomic E-state index is 11.8. The molecule has 2 amide bonds. The fourth-order valence-electron chi connectivity index (χ4n) is 1.76. The molecule has 0 saturated heterocycles. The Bertz CT molecular complexity index is 613. The van der Waals surface area contributed by atoms with Gasteiger partial charge in [0.05, 0.1) is 4.90 Å². The predicted molar refractivity (Wildman–Crippen MR) is 80.9 cm³/mol. The summed E-state index contributed by atoms with van der Waals surface area (Å²) in [6.07, 6.45) is 2.58. The standard InChI is InChI=1S/C13H20N4O4S/c14-17-12(18)4-2-1-3-9-16-13(19)10-5-7-11(8-6-10)22(15,20)21/h5-8H,1-4,9,14H2,(H,16,19)(H,17,18)(H2,15,20,21). The first-order valence-electron chi connectivity index (χ1n) is 6.75. The maximum absolute atomic E-state index is 11.8. The maximum Gasteiger partial charge on any atom is 0.251 e. The van der Waals surface area contributed by atoms with Crippen LogP contribution >= 0.6 is 0 Å². The van der Waals surface area contributed by atoms with Gasteiger partial charge in [0.15, 0.2) is 0 Å². The summed E-state index contributed by atoms with van der Waals surface area (Å²) in [6, 6.07) is 5.38. The second kappa shape index (κ2) is 8.47. The number of nitrogens with one attached hydrogen (secondary N) is 2. The highest BCUT2D eigenvalue weighted by atomic mass is 32.2. The quantitative estimate of drug-likeness (QED) is 0.222. The Morgan fingerprint density at radius 1 is 1.05 bits per heavy atom. The van der Waals surface area contributed by atoms with Gasteiger partial charge in [-0.05, 0) is 37.1 Å². The van der Waals surface area contributed by atoms with Gasteiger partial charge in [-0.15, -0.1) is 0 Å². The van der Waals surface area contributed by atoms with Crippen LogP contribution in [0.3, 0.4) is 0 Å². The van der Waals surface area contributed by atoms with E-state index in [4.69, 9.17) is 11.0 Å². The lowest BCUT2D eigenvalue weighted by molar-refractivity contribution is -0.121. The zero-order valence-electron chi connectivity index (χ0n) is 12.0. The van der Waals surface area contributed by atoms with E-state index in [1.807, 2.05) is 0 Å². The Morgan fingerprint density at radius 2 is 1.68 bits per heavy atom. The molecule has 122 valence electrons. The zero-order chi connectivity index (χ0) is 16.6. The normalized spacial score (nSPS) is 11.0. The molecule has 9 heteroatoms. The lowest BCUT2D eigenvalue weighted by Crippen LogP contribution is -2.29. The Morgan fingerprint density at radius 3 is 2.23 bits per heavy atom. The topological polar surface area (TPSA) is 144 Å². The van der Waals surface area contributed by atoms with Crippen LogP contribution in [0.4, 0.5) is 0 Å². The van der Waals surface area contributed by atoms with E-state index in [9.17, 15) is 18.0 Å². The van der Waals surface area contributed by atoms with Gasteiger partial charge >= 0.3 is 0 Å². The van der Waals surface area contributed by atoms with Gasteiger partial charge < -0.3 is 5.32 Å². The molecule has 6 N–H and O–H groups in total. The van der Waals surface area contributed by atoms with E-state index < -0.39 is 10.0 Å². The number of primary sulfonamides is 1. The first kappa shape index (κ1) is 18.1. The number of unbranched alkanes of at least 4 members (excludes halogenated alkanes) is 2. The number of nitrogens with two attached hydrogens (primary N) is 2. The lowest BCUT2D eigenvalue weighted by Gasteiger charge is -2.06. The number of carbonyl (C=O) groups excluding carboxylic acids is 2. The molecule has 0 bridgehead atoms. The van der Waals surface area contributed by atoms with Crippen molar-refractivity contribution in [3.05, 3.63) is 29.8 Å². The highest BCUT2D eigenvalue weighted by molar-refractivity contribution is 7.89. The van der Waals surface area contributed by atoms with Crippen molar-refractivity contribution < 1.29 is 18.0 Å². The van der Waals surface area contributed by atoms with Gasteiger partial charge in [0.1, 0.15) is 0 Å². The van der Waals surface area contributed by atoms with Crippen molar-refractivity contribution >= 4 is 21.8 Å². The molecule has 0 spiro atoms. The minimum absolute atomic E-state index is 0.0396. The number of hydrogen-bond acceptors (Lipinski definition) is 5. The molecule has 0 atom stereocenters. The number of carbonyl (C=O) groups is 2.